The molecule has 0 radical (unpaired) electrons. The minimum Gasteiger partial charge on any atom is -0.457 e. The quantitative estimate of drug-likeness (QED) is 0.104. The van der Waals surface area contributed by atoms with E-state index < -0.39 is 30.4 Å². The maximum Gasteiger partial charge on any atom is 0.303 e. The van der Waals surface area contributed by atoms with Gasteiger partial charge in [0.25, 0.3) is 0 Å². The Labute approximate surface area is 213 Å². The molecule has 0 spiro atoms. The molecular weight excluding hydrogens is 476 g/mol. The Kier molecular flexibility index (Phi) is 17.1. The predicted molar refractivity (Wildman–Crippen MR) is 128 cm³/mol. The van der Waals surface area contributed by atoms with Crippen molar-refractivity contribution in [1.29, 1.82) is 0 Å². The Hall–Kier alpha value is -1.96. The fraction of sp³-hybridized carbons (Fsp3) is 0.680. The molecule has 0 N–H and O–H groups in total. The summed E-state index contributed by atoms with van der Waals surface area (Å²) in [5.74, 6) is -0.555. The Morgan fingerprint density at radius 2 is 1.31 bits per heavy atom. The van der Waals surface area contributed by atoms with Crippen molar-refractivity contribution >= 4 is 11.8 Å². The van der Waals surface area contributed by atoms with Gasteiger partial charge < -0.3 is 42.6 Å². The van der Waals surface area contributed by atoms with Crippen LogP contribution in [0.3, 0.4) is 0 Å². The minimum absolute atomic E-state index is 0.0101. The topological polar surface area (TPSA) is 117 Å². The highest BCUT2D eigenvalue weighted by molar-refractivity contribution is 5.95. The number of aryl methyl sites for hydroxylation is 1. The molecule has 11 heteroatoms. The highest BCUT2D eigenvalue weighted by atomic mass is 16.7. The first-order valence-corrected chi connectivity index (χ1v) is 11.5. The largest absolute Gasteiger partial charge is 0.457 e. The maximum absolute atomic E-state index is 12.1. The van der Waals surface area contributed by atoms with Crippen LogP contribution in [0.4, 0.5) is 0 Å². The van der Waals surface area contributed by atoms with Gasteiger partial charge in [0.15, 0.2) is 11.9 Å². The first-order chi connectivity index (χ1) is 17.4. The van der Waals surface area contributed by atoms with E-state index in [1.165, 1.54) is 42.3 Å². The molecule has 206 valence electrons. The van der Waals surface area contributed by atoms with E-state index in [-0.39, 0.29) is 39.6 Å². The van der Waals surface area contributed by atoms with Gasteiger partial charge in [0.05, 0.1) is 12.7 Å². The molecule has 0 bridgehead atoms. The summed E-state index contributed by atoms with van der Waals surface area (Å²) in [6.45, 7) is 2.56. The van der Waals surface area contributed by atoms with Crippen molar-refractivity contribution in [3.63, 3.8) is 0 Å². The van der Waals surface area contributed by atoms with Crippen LogP contribution in [0, 0.1) is 0 Å². The Balaban J connectivity index is 3.31. The fourth-order valence-electron chi connectivity index (χ4n) is 3.65. The van der Waals surface area contributed by atoms with Crippen LogP contribution in [0.1, 0.15) is 36.2 Å². The molecule has 0 aliphatic carbocycles. The number of rotatable bonds is 21. The summed E-state index contributed by atoms with van der Waals surface area (Å²) in [6.07, 6.45) is -2.22. The van der Waals surface area contributed by atoms with Crippen LogP contribution in [0.2, 0.25) is 0 Å². The third-order valence-electron chi connectivity index (χ3n) is 5.11. The summed E-state index contributed by atoms with van der Waals surface area (Å²) >= 11 is 0. The second-order valence-corrected chi connectivity index (χ2v) is 7.86. The molecule has 0 aromatic heterocycles. The van der Waals surface area contributed by atoms with Crippen molar-refractivity contribution in [3.8, 4) is 0 Å². The van der Waals surface area contributed by atoms with Gasteiger partial charge in [-0.1, -0.05) is 24.3 Å². The molecule has 11 nitrogen and oxygen atoms in total. The van der Waals surface area contributed by atoms with Crippen molar-refractivity contribution in [2.45, 2.75) is 51.1 Å². The second-order valence-electron chi connectivity index (χ2n) is 7.86. The first-order valence-electron chi connectivity index (χ1n) is 11.5. The zero-order valence-electron chi connectivity index (χ0n) is 22.1. The molecule has 0 aliphatic rings. The SMILES string of the molecule is COCOC[C@@H](OC(C)=O)[C@@H](OCOC)[C@H](OCOC)[C@H](CCc1ccccc1C(C)=O)OCOC. The number of esters is 1. The van der Waals surface area contributed by atoms with Crippen LogP contribution in [-0.2, 0) is 53.8 Å². The molecule has 1 aromatic rings. The first kappa shape index (κ1) is 32.1. The summed E-state index contributed by atoms with van der Waals surface area (Å²) in [5, 5.41) is 0. The highest BCUT2D eigenvalue weighted by Gasteiger charge is 2.39. The third-order valence-corrected chi connectivity index (χ3v) is 5.11. The van der Waals surface area contributed by atoms with Crippen molar-refractivity contribution in [2.75, 3.05) is 62.2 Å². The van der Waals surface area contributed by atoms with Gasteiger partial charge in [-0.25, -0.2) is 0 Å². The molecule has 0 amide bonds. The molecule has 0 heterocycles. The molecule has 0 saturated heterocycles. The van der Waals surface area contributed by atoms with Gasteiger partial charge in [-0.2, -0.15) is 0 Å². The summed E-state index contributed by atoms with van der Waals surface area (Å²) < 4.78 is 49.4. The Bertz CT molecular complexity index is 742. The number of ether oxygens (including phenoxy) is 9. The van der Waals surface area contributed by atoms with Gasteiger partial charge in [0.2, 0.25) is 0 Å². The highest BCUT2D eigenvalue weighted by Crippen LogP contribution is 2.23. The monoisotopic (exact) mass is 516 g/mol. The number of carbonyl (C=O) groups is 2. The van der Waals surface area contributed by atoms with Crippen molar-refractivity contribution in [3.05, 3.63) is 35.4 Å². The Morgan fingerprint density at radius 3 is 1.86 bits per heavy atom. The van der Waals surface area contributed by atoms with Crippen molar-refractivity contribution < 1.29 is 52.2 Å². The van der Waals surface area contributed by atoms with Crippen LogP contribution in [0.15, 0.2) is 24.3 Å². The van der Waals surface area contributed by atoms with Crippen LogP contribution in [0.25, 0.3) is 0 Å². The summed E-state index contributed by atoms with van der Waals surface area (Å²) in [7, 11) is 5.95. The number of ketones is 1. The van der Waals surface area contributed by atoms with E-state index in [0.29, 0.717) is 18.4 Å². The van der Waals surface area contributed by atoms with Crippen LogP contribution < -0.4 is 0 Å². The van der Waals surface area contributed by atoms with Crippen LogP contribution in [0.5, 0.6) is 0 Å². The van der Waals surface area contributed by atoms with E-state index in [0.717, 1.165) is 5.56 Å². The predicted octanol–water partition coefficient (Wildman–Crippen LogP) is 2.34. The lowest BCUT2D eigenvalue weighted by molar-refractivity contribution is -0.237. The average molecular weight is 517 g/mol. The van der Waals surface area contributed by atoms with Gasteiger partial charge in [0, 0.05) is 40.9 Å². The third kappa shape index (κ3) is 11.8. The van der Waals surface area contributed by atoms with Crippen molar-refractivity contribution in [1.82, 2.24) is 0 Å². The van der Waals surface area contributed by atoms with Gasteiger partial charge in [-0.15, -0.1) is 0 Å². The standard InChI is InChI=1S/C25H40O11/c1-18(26)21-10-8-7-9-20(21)11-12-22(33-15-29-4)24(34-16-30-5)25(35-17-31-6)23(36-19(2)27)13-32-14-28-3/h7-10,22-25H,11-17H2,1-6H3/t22-,23+,24+,25+/m0/s1. The summed E-state index contributed by atoms with van der Waals surface area (Å²) in [5.41, 5.74) is 1.51. The van der Waals surface area contributed by atoms with E-state index in [4.69, 9.17) is 42.6 Å². The normalized spacial score (nSPS) is 14.7. The molecule has 0 unspecified atom stereocenters. The van der Waals surface area contributed by atoms with E-state index in [1.807, 2.05) is 18.2 Å². The number of carbonyl (C=O) groups excluding carboxylic acids is 2. The molecule has 1 rings (SSSR count). The maximum atomic E-state index is 12.1. The van der Waals surface area contributed by atoms with Crippen LogP contribution >= 0.6 is 0 Å². The molecule has 1 aromatic carbocycles. The molecule has 0 saturated carbocycles. The van der Waals surface area contributed by atoms with Crippen molar-refractivity contribution in [2.24, 2.45) is 0 Å². The zero-order chi connectivity index (χ0) is 26.8. The average Bonchev–Trinajstić information content (AvgIpc) is 2.86. The lowest BCUT2D eigenvalue weighted by atomic mass is 9.94. The van der Waals surface area contributed by atoms with E-state index >= 15 is 0 Å². The minimum atomic E-state index is -0.882. The number of hydrogen-bond acceptors (Lipinski definition) is 11. The summed E-state index contributed by atoms with van der Waals surface area (Å²) in [6, 6.07) is 7.38. The van der Waals surface area contributed by atoms with E-state index in [1.54, 1.807) is 6.07 Å². The number of methoxy groups -OCH3 is 4. The lowest BCUT2D eigenvalue weighted by Gasteiger charge is -2.36. The fourth-order valence-corrected chi connectivity index (χ4v) is 3.65. The second kappa shape index (κ2) is 19.2. The molecule has 36 heavy (non-hydrogen) atoms. The molecular formula is C25H40O11. The smallest absolute Gasteiger partial charge is 0.303 e. The van der Waals surface area contributed by atoms with Gasteiger partial charge in [-0.3, -0.25) is 9.59 Å². The van der Waals surface area contributed by atoms with E-state index in [9.17, 15) is 9.59 Å². The number of Topliss-reactive ketones (excluding diaryl/α,β-unsaturated/α-hetero) is 1. The summed E-state index contributed by atoms with van der Waals surface area (Å²) in [4.78, 5) is 24.0. The van der Waals surface area contributed by atoms with Crippen LogP contribution in [-0.4, -0.2) is 98.4 Å². The molecule has 4 atom stereocenters. The Morgan fingerprint density at radius 1 is 0.750 bits per heavy atom. The molecule has 0 fully saturated rings. The van der Waals surface area contributed by atoms with Gasteiger partial charge in [0.1, 0.15) is 39.4 Å². The number of benzene rings is 1. The number of hydrogen-bond donors (Lipinski definition) is 0. The zero-order valence-corrected chi connectivity index (χ0v) is 22.1. The van der Waals surface area contributed by atoms with Gasteiger partial charge >= 0.3 is 5.97 Å². The lowest BCUT2D eigenvalue weighted by Crippen LogP contribution is -2.52. The molecule has 0 aliphatic heterocycles. The van der Waals surface area contributed by atoms with E-state index in [2.05, 4.69) is 0 Å². The van der Waals surface area contributed by atoms with Gasteiger partial charge in [-0.05, 0) is 25.3 Å².